The fourth-order valence-corrected chi connectivity index (χ4v) is 2.79. The first kappa shape index (κ1) is 14.1. The van der Waals surface area contributed by atoms with E-state index < -0.39 is 5.97 Å². The number of urea groups is 1. The quantitative estimate of drug-likeness (QED) is 0.788. The van der Waals surface area contributed by atoms with E-state index in [0.29, 0.717) is 13.1 Å². The molecule has 2 aliphatic rings. The normalized spacial score (nSPS) is 27.0. The number of nitrogens with zero attached hydrogens (tertiary/aromatic N) is 3. The molecule has 2 saturated heterocycles. The molecule has 0 radical (unpaired) electrons. The van der Waals surface area contributed by atoms with E-state index in [9.17, 15) is 9.59 Å². The van der Waals surface area contributed by atoms with E-state index in [-0.39, 0.29) is 23.9 Å². The summed E-state index contributed by atoms with van der Waals surface area (Å²) in [5.74, 6) is -1.04. The molecular formula is C13H23N3O3. The van der Waals surface area contributed by atoms with Gasteiger partial charge in [0.1, 0.15) is 0 Å². The Hall–Kier alpha value is -1.30. The Labute approximate surface area is 114 Å². The Bertz CT molecular complexity index is 368. The Kier molecular flexibility index (Phi) is 3.99. The highest BCUT2D eigenvalue weighted by Gasteiger charge is 2.40. The van der Waals surface area contributed by atoms with Crippen LogP contribution in [0.25, 0.3) is 0 Å². The maximum atomic E-state index is 12.3. The molecule has 0 aromatic carbocycles. The van der Waals surface area contributed by atoms with Gasteiger partial charge in [-0.3, -0.25) is 4.79 Å². The third-order valence-electron chi connectivity index (χ3n) is 4.35. The van der Waals surface area contributed by atoms with Gasteiger partial charge in [0, 0.05) is 44.7 Å². The Morgan fingerprint density at radius 1 is 1.21 bits per heavy atom. The van der Waals surface area contributed by atoms with Crippen molar-refractivity contribution in [1.29, 1.82) is 0 Å². The van der Waals surface area contributed by atoms with Crippen LogP contribution in [0, 0.1) is 11.8 Å². The number of aliphatic carboxylic acids is 1. The van der Waals surface area contributed by atoms with Crippen molar-refractivity contribution in [2.75, 3.05) is 39.8 Å². The van der Waals surface area contributed by atoms with E-state index in [1.807, 2.05) is 4.90 Å². The van der Waals surface area contributed by atoms with Crippen LogP contribution in [0.1, 0.15) is 13.8 Å². The number of amides is 2. The first-order valence-corrected chi connectivity index (χ1v) is 6.87. The number of likely N-dealkylation sites (tertiary alicyclic amines) is 1. The Morgan fingerprint density at radius 2 is 1.84 bits per heavy atom. The fraction of sp³-hybridized carbons (Fsp3) is 0.846. The van der Waals surface area contributed by atoms with Gasteiger partial charge in [0.15, 0.2) is 0 Å². The van der Waals surface area contributed by atoms with Crippen molar-refractivity contribution < 1.29 is 14.7 Å². The van der Waals surface area contributed by atoms with Crippen molar-refractivity contribution >= 4 is 12.0 Å². The summed E-state index contributed by atoms with van der Waals surface area (Å²) in [5, 5.41) is 8.94. The number of carboxylic acid groups (broad SMARTS) is 1. The molecule has 1 N–H and O–H groups in total. The van der Waals surface area contributed by atoms with Gasteiger partial charge in [-0.2, -0.15) is 0 Å². The van der Waals surface area contributed by atoms with E-state index in [2.05, 4.69) is 18.9 Å². The summed E-state index contributed by atoms with van der Waals surface area (Å²) in [6.45, 7) is 7.48. The van der Waals surface area contributed by atoms with Crippen LogP contribution >= 0.6 is 0 Å². The van der Waals surface area contributed by atoms with Crippen LogP contribution in [-0.4, -0.2) is 77.6 Å². The highest BCUT2D eigenvalue weighted by atomic mass is 16.4. The smallest absolute Gasteiger partial charge is 0.320 e. The molecule has 6 nitrogen and oxygen atoms in total. The summed E-state index contributed by atoms with van der Waals surface area (Å²) in [4.78, 5) is 29.1. The lowest BCUT2D eigenvalue weighted by Crippen LogP contribution is -2.62. The number of likely N-dealkylation sites (N-methyl/N-ethyl adjacent to an activating group) is 1. The van der Waals surface area contributed by atoms with Gasteiger partial charge in [0.05, 0.1) is 5.92 Å². The van der Waals surface area contributed by atoms with Crippen molar-refractivity contribution in [2.45, 2.75) is 19.9 Å². The molecule has 2 heterocycles. The van der Waals surface area contributed by atoms with Crippen LogP contribution in [0.4, 0.5) is 4.79 Å². The number of carbonyl (C=O) groups excluding carboxylic acids is 1. The van der Waals surface area contributed by atoms with Gasteiger partial charge in [-0.1, -0.05) is 6.92 Å². The van der Waals surface area contributed by atoms with Crippen molar-refractivity contribution in [3.8, 4) is 0 Å². The van der Waals surface area contributed by atoms with E-state index in [0.717, 1.165) is 19.6 Å². The van der Waals surface area contributed by atoms with Crippen molar-refractivity contribution in [3.63, 3.8) is 0 Å². The Morgan fingerprint density at radius 3 is 2.37 bits per heavy atom. The van der Waals surface area contributed by atoms with Crippen molar-refractivity contribution in [2.24, 2.45) is 11.8 Å². The van der Waals surface area contributed by atoms with Crippen LogP contribution in [0.3, 0.4) is 0 Å². The zero-order chi connectivity index (χ0) is 14.2. The van der Waals surface area contributed by atoms with Gasteiger partial charge >= 0.3 is 12.0 Å². The average molecular weight is 269 g/mol. The molecule has 19 heavy (non-hydrogen) atoms. The van der Waals surface area contributed by atoms with Gasteiger partial charge in [-0.25, -0.2) is 4.79 Å². The molecular weight excluding hydrogens is 246 g/mol. The fourth-order valence-electron chi connectivity index (χ4n) is 2.79. The first-order chi connectivity index (χ1) is 8.90. The van der Waals surface area contributed by atoms with Gasteiger partial charge in [0.25, 0.3) is 0 Å². The molecule has 108 valence electrons. The molecule has 2 aliphatic heterocycles. The molecule has 0 saturated carbocycles. The van der Waals surface area contributed by atoms with Crippen LogP contribution < -0.4 is 0 Å². The number of hydrogen-bond acceptors (Lipinski definition) is 3. The van der Waals surface area contributed by atoms with Gasteiger partial charge in [-0.15, -0.1) is 0 Å². The number of hydrogen-bond donors (Lipinski definition) is 1. The summed E-state index contributed by atoms with van der Waals surface area (Å²) in [6.07, 6.45) is 0. The van der Waals surface area contributed by atoms with Crippen LogP contribution in [0.5, 0.6) is 0 Å². The highest BCUT2D eigenvalue weighted by Crippen LogP contribution is 2.26. The lowest BCUT2D eigenvalue weighted by Gasteiger charge is -2.46. The maximum absolute atomic E-state index is 12.3. The second-order valence-corrected chi connectivity index (χ2v) is 5.88. The van der Waals surface area contributed by atoms with Crippen LogP contribution in [0.15, 0.2) is 0 Å². The molecule has 2 atom stereocenters. The third kappa shape index (κ3) is 2.83. The molecule has 0 aromatic heterocycles. The molecule has 2 amide bonds. The van der Waals surface area contributed by atoms with Crippen LogP contribution in [0.2, 0.25) is 0 Å². The van der Waals surface area contributed by atoms with E-state index in [1.165, 1.54) is 0 Å². The van der Waals surface area contributed by atoms with Crippen molar-refractivity contribution in [3.05, 3.63) is 0 Å². The van der Waals surface area contributed by atoms with Crippen LogP contribution in [-0.2, 0) is 4.79 Å². The second-order valence-electron chi connectivity index (χ2n) is 5.88. The maximum Gasteiger partial charge on any atom is 0.320 e. The largest absolute Gasteiger partial charge is 0.481 e. The summed E-state index contributed by atoms with van der Waals surface area (Å²) < 4.78 is 0. The minimum atomic E-state index is -0.773. The minimum absolute atomic E-state index is 0.0643. The number of carboxylic acids is 1. The number of piperazine rings is 1. The predicted octanol–water partition coefficient (Wildman–Crippen LogP) is 0.395. The zero-order valence-corrected chi connectivity index (χ0v) is 11.9. The first-order valence-electron chi connectivity index (χ1n) is 6.87. The number of rotatable bonds is 2. The highest BCUT2D eigenvalue weighted by molar-refractivity contribution is 5.77. The molecule has 0 bridgehead atoms. The lowest BCUT2D eigenvalue weighted by atomic mass is 9.87. The van der Waals surface area contributed by atoms with E-state index in [1.54, 1.807) is 11.8 Å². The standard InChI is InChI=1S/C13H23N3O3/c1-9-6-14(3)4-5-16(9)13(19)15-7-11(8-15)10(2)12(17)18/h9-11H,4-8H2,1-3H3,(H,17,18). The molecule has 6 heteroatoms. The summed E-state index contributed by atoms with van der Waals surface area (Å²) in [6, 6.07) is 0.289. The molecule has 0 spiro atoms. The summed E-state index contributed by atoms with van der Waals surface area (Å²) in [5.41, 5.74) is 0. The third-order valence-corrected chi connectivity index (χ3v) is 4.35. The molecule has 2 unspecified atom stereocenters. The van der Waals surface area contributed by atoms with Gasteiger partial charge < -0.3 is 19.8 Å². The minimum Gasteiger partial charge on any atom is -0.481 e. The van der Waals surface area contributed by atoms with Gasteiger partial charge in [-0.05, 0) is 14.0 Å². The molecule has 0 aliphatic carbocycles. The van der Waals surface area contributed by atoms with E-state index >= 15 is 0 Å². The molecule has 0 aromatic rings. The second kappa shape index (κ2) is 5.36. The summed E-state index contributed by atoms with van der Waals surface area (Å²) in [7, 11) is 2.06. The lowest BCUT2D eigenvalue weighted by molar-refractivity contribution is -0.145. The summed E-state index contributed by atoms with van der Waals surface area (Å²) >= 11 is 0. The van der Waals surface area contributed by atoms with E-state index in [4.69, 9.17) is 5.11 Å². The molecule has 2 fully saturated rings. The molecule has 2 rings (SSSR count). The monoisotopic (exact) mass is 269 g/mol. The number of carbonyl (C=O) groups is 2. The predicted molar refractivity (Wildman–Crippen MR) is 70.9 cm³/mol. The Balaban J connectivity index is 1.84. The topological polar surface area (TPSA) is 64.1 Å². The SMILES string of the molecule is CC(C(=O)O)C1CN(C(=O)N2CCN(C)CC2C)C1. The van der Waals surface area contributed by atoms with Gasteiger partial charge in [0.2, 0.25) is 0 Å². The van der Waals surface area contributed by atoms with Crippen molar-refractivity contribution in [1.82, 2.24) is 14.7 Å². The zero-order valence-electron chi connectivity index (χ0n) is 11.9. The average Bonchev–Trinajstić information content (AvgIpc) is 2.26.